The van der Waals surface area contributed by atoms with Gasteiger partial charge in [-0.15, -0.1) is 0 Å². The first kappa shape index (κ1) is 17.2. The highest BCUT2D eigenvalue weighted by Gasteiger charge is 2.24. The molecule has 6 nitrogen and oxygen atoms in total. The molecular weight excluding hydrogens is 352 g/mol. The zero-order valence-corrected chi connectivity index (χ0v) is 14.9. The minimum absolute atomic E-state index is 0.132. The van der Waals surface area contributed by atoms with Crippen LogP contribution in [-0.4, -0.2) is 46.4 Å². The lowest BCUT2D eigenvalue weighted by Gasteiger charge is -2.32. The molecule has 1 saturated heterocycles. The van der Waals surface area contributed by atoms with E-state index in [1.54, 1.807) is 30.7 Å². The van der Waals surface area contributed by atoms with Crippen molar-refractivity contribution in [2.24, 2.45) is 0 Å². The Hall–Kier alpha value is -2.25. The summed E-state index contributed by atoms with van der Waals surface area (Å²) < 4.78 is 5.42. The van der Waals surface area contributed by atoms with Gasteiger partial charge in [0.05, 0.1) is 24.3 Å². The van der Waals surface area contributed by atoms with Crippen molar-refractivity contribution in [3.8, 4) is 5.75 Å². The quantitative estimate of drug-likeness (QED) is 0.736. The van der Waals surface area contributed by atoms with Gasteiger partial charge in [-0.2, -0.15) is 0 Å². The predicted octanol–water partition coefficient (Wildman–Crippen LogP) is 2.92. The predicted molar refractivity (Wildman–Crippen MR) is 100 cm³/mol. The van der Waals surface area contributed by atoms with E-state index in [0.29, 0.717) is 29.3 Å². The van der Waals surface area contributed by atoms with E-state index in [1.807, 2.05) is 18.2 Å². The molecular formula is C19H19ClN4O2. The third kappa shape index (κ3) is 3.37. The molecule has 26 heavy (non-hydrogen) atoms. The van der Waals surface area contributed by atoms with E-state index in [4.69, 9.17) is 16.3 Å². The van der Waals surface area contributed by atoms with Crippen LogP contribution in [0.5, 0.6) is 5.75 Å². The van der Waals surface area contributed by atoms with E-state index in [9.17, 15) is 5.11 Å². The smallest absolute Gasteiger partial charge is 0.147 e. The van der Waals surface area contributed by atoms with E-state index >= 15 is 0 Å². The average molecular weight is 371 g/mol. The first-order valence-electron chi connectivity index (χ1n) is 8.49. The molecule has 0 spiro atoms. The van der Waals surface area contributed by atoms with Gasteiger partial charge < -0.3 is 9.84 Å². The van der Waals surface area contributed by atoms with Crippen LogP contribution >= 0.6 is 11.6 Å². The molecule has 1 aromatic carbocycles. The second-order valence-electron chi connectivity index (χ2n) is 6.14. The first-order chi connectivity index (χ1) is 12.7. The highest BCUT2D eigenvalue weighted by atomic mass is 35.5. The van der Waals surface area contributed by atoms with Gasteiger partial charge in [-0.3, -0.25) is 9.97 Å². The normalized spacial score (nSPS) is 16.7. The highest BCUT2D eigenvalue weighted by molar-refractivity contribution is 6.35. The zero-order chi connectivity index (χ0) is 17.9. The first-order valence-corrected chi connectivity index (χ1v) is 8.86. The van der Waals surface area contributed by atoms with Gasteiger partial charge in [-0.1, -0.05) is 11.6 Å². The van der Waals surface area contributed by atoms with Crippen molar-refractivity contribution in [2.45, 2.75) is 6.04 Å². The number of hydrogen-bond acceptors (Lipinski definition) is 6. The number of phenols is 1. The molecule has 1 fully saturated rings. The Morgan fingerprint density at radius 1 is 1.15 bits per heavy atom. The Labute approximate surface area is 156 Å². The Morgan fingerprint density at radius 3 is 2.69 bits per heavy atom. The van der Waals surface area contributed by atoms with Gasteiger partial charge in [-0.25, -0.2) is 10.4 Å². The number of pyridine rings is 2. The lowest BCUT2D eigenvalue weighted by molar-refractivity contribution is 0.00634. The van der Waals surface area contributed by atoms with E-state index in [2.05, 4.69) is 20.4 Å². The van der Waals surface area contributed by atoms with Crippen LogP contribution in [0, 0.1) is 0 Å². The van der Waals surface area contributed by atoms with Crippen LogP contribution in [-0.2, 0) is 4.74 Å². The molecule has 3 heterocycles. The van der Waals surface area contributed by atoms with Crippen LogP contribution in [0.25, 0.3) is 10.9 Å². The Morgan fingerprint density at radius 2 is 1.92 bits per heavy atom. The van der Waals surface area contributed by atoms with Crippen molar-refractivity contribution in [3.05, 3.63) is 65.1 Å². The molecule has 0 amide bonds. The Bertz CT molecular complexity index is 901. The molecule has 134 valence electrons. The molecule has 7 heteroatoms. The third-order valence-electron chi connectivity index (χ3n) is 4.52. The molecule has 0 bridgehead atoms. The van der Waals surface area contributed by atoms with Crippen molar-refractivity contribution >= 4 is 22.5 Å². The molecule has 4 rings (SSSR count). The van der Waals surface area contributed by atoms with Crippen LogP contribution in [0.4, 0.5) is 0 Å². The summed E-state index contributed by atoms with van der Waals surface area (Å²) in [5.41, 5.74) is 5.66. The number of aromatic hydroxyl groups is 1. The molecule has 1 aliphatic rings. The van der Waals surface area contributed by atoms with Crippen LogP contribution in [0.2, 0.25) is 5.02 Å². The number of nitrogens with zero attached hydrogens (tertiary/aromatic N) is 3. The fraction of sp³-hybridized carbons (Fsp3) is 0.263. The summed E-state index contributed by atoms with van der Waals surface area (Å²) in [4.78, 5) is 8.41. The molecule has 1 aliphatic heterocycles. The standard InChI is InChI=1S/C19H19ClN4O2/c20-16-12-15(19(25)18-14(16)2-1-5-22-18)17(13-3-6-21-7-4-13)23-24-8-10-26-11-9-24/h1-7,12,17,23,25H,8-11H2. The summed E-state index contributed by atoms with van der Waals surface area (Å²) >= 11 is 6.48. The fourth-order valence-electron chi connectivity index (χ4n) is 3.18. The molecule has 0 saturated carbocycles. The average Bonchev–Trinajstić information content (AvgIpc) is 2.71. The zero-order valence-electron chi connectivity index (χ0n) is 14.1. The number of phenolic OH excluding ortho intramolecular Hbond substituents is 1. The van der Waals surface area contributed by atoms with E-state index < -0.39 is 0 Å². The second kappa shape index (κ2) is 7.55. The van der Waals surface area contributed by atoms with Gasteiger partial charge in [0.1, 0.15) is 11.3 Å². The van der Waals surface area contributed by atoms with Crippen molar-refractivity contribution in [2.75, 3.05) is 26.3 Å². The largest absolute Gasteiger partial charge is 0.505 e. The van der Waals surface area contributed by atoms with Gasteiger partial charge in [0.25, 0.3) is 0 Å². The topological polar surface area (TPSA) is 70.5 Å². The molecule has 2 N–H and O–H groups in total. The maximum Gasteiger partial charge on any atom is 0.147 e. The number of benzene rings is 1. The fourth-order valence-corrected chi connectivity index (χ4v) is 3.45. The number of halogens is 1. The summed E-state index contributed by atoms with van der Waals surface area (Å²) in [6, 6.07) is 9.03. The molecule has 1 unspecified atom stereocenters. The van der Waals surface area contributed by atoms with E-state index in [1.165, 1.54) is 0 Å². The lowest BCUT2D eigenvalue weighted by atomic mass is 9.97. The number of morpholine rings is 1. The maximum atomic E-state index is 10.9. The number of hydrazine groups is 1. The second-order valence-corrected chi connectivity index (χ2v) is 6.55. The van der Waals surface area contributed by atoms with E-state index in [-0.39, 0.29) is 11.8 Å². The number of fused-ring (bicyclic) bond motifs is 1. The van der Waals surface area contributed by atoms with E-state index in [0.717, 1.165) is 24.0 Å². The maximum absolute atomic E-state index is 10.9. The Kier molecular flexibility index (Phi) is 4.99. The molecule has 1 atom stereocenters. The van der Waals surface area contributed by atoms with Crippen molar-refractivity contribution in [1.82, 2.24) is 20.4 Å². The van der Waals surface area contributed by atoms with Crippen LogP contribution in [0.1, 0.15) is 17.2 Å². The number of ether oxygens (including phenoxy) is 1. The van der Waals surface area contributed by atoms with Gasteiger partial charge in [0.2, 0.25) is 0 Å². The summed E-state index contributed by atoms with van der Waals surface area (Å²) in [6.45, 7) is 2.87. The summed E-state index contributed by atoms with van der Waals surface area (Å²) in [5, 5.41) is 14.3. The highest BCUT2D eigenvalue weighted by Crippen LogP contribution is 2.38. The molecule has 3 aromatic rings. The van der Waals surface area contributed by atoms with Crippen LogP contribution in [0.3, 0.4) is 0 Å². The molecule has 2 aromatic heterocycles. The number of nitrogens with one attached hydrogen (secondary N) is 1. The van der Waals surface area contributed by atoms with Gasteiger partial charge in [-0.05, 0) is 35.9 Å². The van der Waals surface area contributed by atoms with Crippen LogP contribution in [0.15, 0.2) is 48.9 Å². The number of aromatic nitrogens is 2. The summed E-state index contributed by atoms with van der Waals surface area (Å²) in [7, 11) is 0. The Balaban J connectivity index is 1.80. The molecule has 0 aliphatic carbocycles. The monoisotopic (exact) mass is 370 g/mol. The van der Waals surface area contributed by atoms with Gasteiger partial charge in [0.15, 0.2) is 0 Å². The lowest BCUT2D eigenvalue weighted by Crippen LogP contribution is -2.47. The summed E-state index contributed by atoms with van der Waals surface area (Å²) in [6.07, 6.45) is 5.13. The molecule has 0 radical (unpaired) electrons. The third-order valence-corrected chi connectivity index (χ3v) is 4.83. The van der Waals surface area contributed by atoms with Crippen molar-refractivity contribution in [1.29, 1.82) is 0 Å². The van der Waals surface area contributed by atoms with Crippen LogP contribution < -0.4 is 5.43 Å². The summed E-state index contributed by atoms with van der Waals surface area (Å²) in [5.74, 6) is 0.132. The van der Waals surface area contributed by atoms with Crippen molar-refractivity contribution in [3.63, 3.8) is 0 Å². The van der Waals surface area contributed by atoms with Gasteiger partial charge >= 0.3 is 0 Å². The minimum Gasteiger partial charge on any atom is -0.505 e. The number of rotatable bonds is 4. The van der Waals surface area contributed by atoms with Crippen molar-refractivity contribution < 1.29 is 9.84 Å². The van der Waals surface area contributed by atoms with Gasteiger partial charge in [0, 0.05) is 42.6 Å². The minimum atomic E-state index is -0.278. The SMILES string of the molecule is Oc1c(C(NN2CCOCC2)c2ccncc2)cc(Cl)c2cccnc12. The number of hydrogen-bond donors (Lipinski definition) is 2.